The molecule has 4 aromatic rings. The Morgan fingerprint density at radius 1 is 0.657 bits per heavy atom. The average Bonchev–Trinajstić information content (AvgIpc) is 2.88. The maximum atomic E-state index is 15.0. The molecule has 3 aromatic carbocycles. The number of aryl methyl sites for hydroxylation is 2. The van der Waals surface area contributed by atoms with E-state index >= 15 is 4.39 Å². The van der Waals surface area contributed by atoms with E-state index in [2.05, 4.69) is 38.1 Å². The maximum Gasteiger partial charge on any atom is 0.344 e. The monoisotopic (exact) mass is 472 g/mol. The summed E-state index contributed by atoms with van der Waals surface area (Å²) in [7, 11) is 0. The van der Waals surface area contributed by atoms with Crippen LogP contribution >= 0.6 is 0 Å². The predicted octanol–water partition coefficient (Wildman–Crippen LogP) is 9.39. The van der Waals surface area contributed by atoms with Gasteiger partial charge in [0.05, 0.1) is 5.39 Å². The number of fused-ring (bicyclic) bond motifs is 3. The highest BCUT2D eigenvalue weighted by atomic mass is 19.1. The SMILES string of the molecule is CCCCCCCCCc1ccc(-c2ccc3c(c2)c(=O)oc2c(F)c(CCCC)ccc23)cc1. The molecule has 3 heteroatoms. The number of hydrogen-bond acceptors (Lipinski definition) is 2. The molecule has 0 saturated carbocycles. The van der Waals surface area contributed by atoms with Gasteiger partial charge in [-0.25, -0.2) is 9.18 Å². The van der Waals surface area contributed by atoms with Crippen LogP contribution in [0.2, 0.25) is 0 Å². The molecule has 0 unspecified atom stereocenters. The summed E-state index contributed by atoms with van der Waals surface area (Å²) in [5.41, 5.74) is 3.57. The van der Waals surface area contributed by atoms with Crippen LogP contribution in [-0.2, 0) is 12.8 Å². The standard InChI is InChI=1S/C32H37FO2/c1-3-5-7-8-9-10-11-12-23-14-16-24(17-15-23)26-19-20-27-28-21-18-25(13-6-4-2)30(33)31(28)35-32(34)29(27)22-26/h14-22H,3-13H2,1-2H3. The molecule has 0 fully saturated rings. The fourth-order valence-electron chi connectivity index (χ4n) is 4.89. The molecule has 4 rings (SSSR count). The quantitative estimate of drug-likeness (QED) is 0.117. The lowest BCUT2D eigenvalue weighted by Crippen LogP contribution is -2.02. The Morgan fingerprint density at radius 2 is 1.31 bits per heavy atom. The fraction of sp³-hybridized carbons (Fsp3) is 0.406. The lowest BCUT2D eigenvalue weighted by Gasteiger charge is -2.09. The Labute approximate surface area is 208 Å². The zero-order chi connectivity index (χ0) is 24.6. The zero-order valence-electron chi connectivity index (χ0n) is 21.2. The van der Waals surface area contributed by atoms with Gasteiger partial charge in [-0.1, -0.05) is 107 Å². The van der Waals surface area contributed by atoms with E-state index in [1.54, 1.807) is 0 Å². The molecular formula is C32H37FO2. The van der Waals surface area contributed by atoms with Crippen molar-refractivity contribution in [2.75, 3.05) is 0 Å². The molecule has 0 bridgehead atoms. The van der Waals surface area contributed by atoms with Gasteiger partial charge in [-0.2, -0.15) is 0 Å². The van der Waals surface area contributed by atoms with Gasteiger partial charge in [0.15, 0.2) is 11.4 Å². The van der Waals surface area contributed by atoms with Crippen molar-refractivity contribution in [2.45, 2.75) is 84.5 Å². The van der Waals surface area contributed by atoms with Crippen molar-refractivity contribution in [1.82, 2.24) is 0 Å². The van der Waals surface area contributed by atoms with Crippen LogP contribution in [-0.4, -0.2) is 0 Å². The topological polar surface area (TPSA) is 30.2 Å². The molecule has 35 heavy (non-hydrogen) atoms. The highest BCUT2D eigenvalue weighted by Gasteiger charge is 2.15. The highest BCUT2D eigenvalue weighted by molar-refractivity contribution is 6.05. The normalized spacial score (nSPS) is 11.5. The van der Waals surface area contributed by atoms with Crippen LogP contribution in [0, 0.1) is 5.82 Å². The van der Waals surface area contributed by atoms with Crippen LogP contribution in [0.4, 0.5) is 4.39 Å². The van der Waals surface area contributed by atoms with E-state index in [9.17, 15) is 4.79 Å². The number of unbranched alkanes of at least 4 members (excludes halogenated alkanes) is 7. The molecule has 1 heterocycles. The van der Waals surface area contributed by atoms with Crippen molar-refractivity contribution >= 4 is 21.7 Å². The molecule has 0 radical (unpaired) electrons. The summed E-state index contributed by atoms with van der Waals surface area (Å²) in [6, 6.07) is 18.1. The molecule has 0 atom stereocenters. The lowest BCUT2D eigenvalue weighted by molar-refractivity contribution is 0.523. The first-order valence-corrected chi connectivity index (χ1v) is 13.4. The van der Waals surface area contributed by atoms with Crippen LogP contribution in [0.25, 0.3) is 32.9 Å². The van der Waals surface area contributed by atoms with Gasteiger partial charge < -0.3 is 4.42 Å². The average molecular weight is 473 g/mol. The predicted molar refractivity (Wildman–Crippen MR) is 146 cm³/mol. The smallest absolute Gasteiger partial charge is 0.344 e. The third-order valence-corrected chi connectivity index (χ3v) is 7.06. The number of rotatable bonds is 12. The molecule has 0 aliphatic heterocycles. The van der Waals surface area contributed by atoms with Gasteiger partial charge in [-0.3, -0.25) is 0 Å². The third kappa shape index (κ3) is 6.01. The second-order valence-corrected chi connectivity index (χ2v) is 9.74. The van der Waals surface area contributed by atoms with Crippen molar-refractivity contribution in [3.05, 3.63) is 82.0 Å². The molecule has 0 aliphatic carbocycles. The summed E-state index contributed by atoms with van der Waals surface area (Å²) in [5.74, 6) is -0.407. The van der Waals surface area contributed by atoms with Crippen molar-refractivity contribution in [3.8, 4) is 11.1 Å². The van der Waals surface area contributed by atoms with Gasteiger partial charge >= 0.3 is 5.63 Å². The van der Waals surface area contributed by atoms with E-state index in [-0.39, 0.29) is 5.58 Å². The third-order valence-electron chi connectivity index (χ3n) is 7.06. The number of hydrogen-bond donors (Lipinski definition) is 0. The molecular weight excluding hydrogens is 435 g/mol. The van der Waals surface area contributed by atoms with Crippen molar-refractivity contribution in [3.63, 3.8) is 0 Å². The minimum atomic E-state index is -0.489. The van der Waals surface area contributed by atoms with Crippen LogP contribution < -0.4 is 5.63 Å². The molecule has 1 aromatic heterocycles. The van der Waals surface area contributed by atoms with Gasteiger partial charge in [-0.15, -0.1) is 0 Å². The van der Waals surface area contributed by atoms with E-state index in [1.165, 1.54) is 50.5 Å². The van der Waals surface area contributed by atoms with E-state index < -0.39 is 11.4 Å². The van der Waals surface area contributed by atoms with Crippen LogP contribution in [0.5, 0.6) is 0 Å². The van der Waals surface area contributed by atoms with Gasteiger partial charge in [0.2, 0.25) is 0 Å². The first kappa shape index (κ1) is 25.2. The summed E-state index contributed by atoms with van der Waals surface area (Å²) in [4.78, 5) is 12.8. The van der Waals surface area contributed by atoms with E-state index in [1.807, 2.05) is 30.3 Å². The summed E-state index contributed by atoms with van der Waals surface area (Å²) in [6.07, 6.45) is 12.9. The molecule has 0 saturated heterocycles. The summed E-state index contributed by atoms with van der Waals surface area (Å²) in [6.45, 7) is 4.33. The van der Waals surface area contributed by atoms with Crippen molar-refractivity contribution in [1.29, 1.82) is 0 Å². The second kappa shape index (κ2) is 12.2. The van der Waals surface area contributed by atoms with Gasteiger partial charge in [-0.05, 0) is 54.0 Å². The summed E-state index contributed by atoms with van der Waals surface area (Å²) in [5, 5.41) is 1.87. The molecule has 0 amide bonds. The molecule has 184 valence electrons. The fourth-order valence-corrected chi connectivity index (χ4v) is 4.89. The summed E-state index contributed by atoms with van der Waals surface area (Å²) >= 11 is 0. The number of benzene rings is 3. The van der Waals surface area contributed by atoms with E-state index in [0.29, 0.717) is 22.8 Å². The molecule has 0 spiro atoms. The molecule has 2 nitrogen and oxygen atoms in total. The van der Waals surface area contributed by atoms with Gasteiger partial charge in [0.1, 0.15) is 0 Å². The maximum absolute atomic E-state index is 15.0. The Kier molecular flexibility index (Phi) is 8.74. The number of halogens is 1. The zero-order valence-corrected chi connectivity index (χ0v) is 21.2. The minimum Gasteiger partial charge on any atom is -0.419 e. The summed E-state index contributed by atoms with van der Waals surface area (Å²) < 4.78 is 20.5. The molecule has 0 N–H and O–H groups in total. The van der Waals surface area contributed by atoms with Crippen molar-refractivity contribution in [2.24, 2.45) is 0 Å². The second-order valence-electron chi connectivity index (χ2n) is 9.74. The van der Waals surface area contributed by atoms with Crippen LogP contribution in [0.3, 0.4) is 0 Å². The Morgan fingerprint density at radius 3 is 2.06 bits per heavy atom. The molecule has 0 aliphatic rings. The van der Waals surface area contributed by atoms with Crippen LogP contribution in [0.15, 0.2) is 63.8 Å². The Hall–Kier alpha value is -2.94. The van der Waals surface area contributed by atoms with E-state index in [4.69, 9.17) is 4.42 Å². The van der Waals surface area contributed by atoms with E-state index in [0.717, 1.165) is 35.8 Å². The lowest BCUT2D eigenvalue weighted by atomic mass is 9.97. The first-order chi connectivity index (χ1) is 17.1. The Balaban J connectivity index is 1.51. The highest BCUT2D eigenvalue weighted by Crippen LogP contribution is 2.30. The first-order valence-electron chi connectivity index (χ1n) is 13.4. The Bertz CT molecular complexity index is 1320. The minimum absolute atomic E-state index is 0.0681. The van der Waals surface area contributed by atoms with Crippen LogP contribution in [0.1, 0.15) is 82.8 Å². The van der Waals surface area contributed by atoms with Gasteiger partial charge in [0.25, 0.3) is 0 Å². The van der Waals surface area contributed by atoms with Crippen molar-refractivity contribution < 1.29 is 8.81 Å². The largest absolute Gasteiger partial charge is 0.419 e. The van der Waals surface area contributed by atoms with Gasteiger partial charge in [0, 0.05) is 10.8 Å².